The Labute approximate surface area is 134 Å². The smallest absolute Gasteiger partial charge is 0.0518 e. The molecule has 0 spiro atoms. The topological polar surface area (TPSA) is 4.93 Å². The Kier molecular flexibility index (Phi) is 2.41. The molecule has 5 rings (SSSR count). The van der Waals surface area contributed by atoms with Crippen LogP contribution in [0.1, 0.15) is 5.56 Å². The van der Waals surface area contributed by atoms with Crippen LogP contribution in [0.25, 0.3) is 43.4 Å². The first-order valence-electron chi connectivity index (χ1n) is 8.03. The molecule has 23 heavy (non-hydrogen) atoms. The summed E-state index contributed by atoms with van der Waals surface area (Å²) < 4.78 is 2.33. The number of fused-ring (bicyclic) bond motifs is 6. The molecule has 0 saturated carbocycles. The van der Waals surface area contributed by atoms with E-state index in [9.17, 15) is 0 Å². The van der Waals surface area contributed by atoms with Gasteiger partial charge in [-0.1, -0.05) is 48.5 Å². The van der Waals surface area contributed by atoms with Gasteiger partial charge in [0.05, 0.1) is 5.52 Å². The molecule has 1 heterocycles. The summed E-state index contributed by atoms with van der Waals surface area (Å²) in [5.74, 6) is 0. The molecule has 1 heteroatoms. The first kappa shape index (κ1) is 12.7. The molecule has 0 unspecified atom stereocenters. The Morgan fingerprint density at radius 1 is 0.696 bits per heavy atom. The van der Waals surface area contributed by atoms with Crippen LogP contribution in [-0.2, 0) is 7.05 Å². The molecule has 0 aliphatic carbocycles. The normalized spacial score (nSPS) is 11.9. The molecule has 0 N–H and O–H groups in total. The van der Waals surface area contributed by atoms with E-state index in [1.54, 1.807) is 0 Å². The number of nitrogens with zero attached hydrogens (tertiary/aromatic N) is 1. The maximum atomic E-state index is 2.34. The Hall–Kier alpha value is -2.80. The van der Waals surface area contributed by atoms with Gasteiger partial charge in [-0.15, -0.1) is 0 Å². The molecular weight excluding hydrogens is 278 g/mol. The van der Waals surface area contributed by atoms with Crippen LogP contribution in [0.2, 0.25) is 0 Å². The highest BCUT2D eigenvalue weighted by Gasteiger charge is 2.13. The van der Waals surface area contributed by atoms with Crippen molar-refractivity contribution in [2.45, 2.75) is 6.92 Å². The van der Waals surface area contributed by atoms with Crippen LogP contribution in [-0.4, -0.2) is 4.57 Å². The lowest BCUT2D eigenvalue weighted by molar-refractivity contribution is 1.01. The van der Waals surface area contributed by atoms with E-state index in [0.717, 1.165) is 0 Å². The van der Waals surface area contributed by atoms with Crippen molar-refractivity contribution < 1.29 is 0 Å². The molecule has 0 aliphatic heterocycles. The van der Waals surface area contributed by atoms with Gasteiger partial charge in [0.25, 0.3) is 0 Å². The summed E-state index contributed by atoms with van der Waals surface area (Å²) in [5, 5.41) is 7.98. The summed E-state index contributed by atoms with van der Waals surface area (Å²) >= 11 is 0. The molecule has 0 fully saturated rings. The van der Waals surface area contributed by atoms with Crippen molar-refractivity contribution in [2.24, 2.45) is 7.05 Å². The summed E-state index contributed by atoms with van der Waals surface area (Å²) in [6, 6.07) is 24.4. The second kappa shape index (κ2) is 4.36. The number of rotatable bonds is 0. The van der Waals surface area contributed by atoms with Crippen molar-refractivity contribution in [3.8, 4) is 0 Å². The third-order valence-electron chi connectivity index (χ3n) is 5.07. The van der Waals surface area contributed by atoms with Crippen molar-refractivity contribution in [3.05, 3.63) is 72.3 Å². The molecule has 5 aromatic rings. The second-order valence-corrected chi connectivity index (χ2v) is 6.41. The summed E-state index contributed by atoms with van der Waals surface area (Å²) in [7, 11) is 2.17. The van der Waals surface area contributed by atoms with Crippen molar-refractivity contribution in [1.82, 2.24) is 4.57 Å². The quantitative estimate of drug-likeness (QED) is 0.311. The average Bonchev–Trinajstić information content (AvgIpc) is 2.87. The van der Waals surface area contributed by atoms with Gasteiger partial charge in [-0.2, -0.15) is 0 Å². The van der Waals surface area contributed by atoms with E-state index in [4.69, 9.17) is 0 Å². The van der Waals surface area contributed by atoms with Crippen LogP contribution in [0.15, 0.2) is 66.7 Å². The number of aryl methyl sites for hydroxylation is 2. The molecule has 4 aromatic carbocycles. The maximum Gasteiger partial charge on any atom is 0.0518 e. The summed E-state index contributed by atoms with van der Waals surface area (Å²) in [4.78, 5) is 0. The number of aromatic nitrogens is 1. The summed E-state index contributed by atoms with van der Waals surface area (Å²) in [6.45, 7) is 2.19. The molecule has 0 radical (unpaired) electrons. The molecule has 0 saturated heterocycles. The Morgan fingerprint density at radius 2 is 1.48 bits per heavy atom. The Balaban J connectivity index is 2.10. The van der Waals surface area contributed by atoms with Crippen molar-refractivity contribution in [3.63, 3.8) is 0 Å². The lowest BCUT2D eigenvalue weighted by Crippen LogP contribution is -1.88. The molecule has 0 bridgehead atoms. The minimum absolute atomic E-state index is 1.30. The van der Waals surface area contributed by atoms with Crippen LogP contribution in [0, 0.1) is 6.92 Å². The SMILES string of the molecule is Cc1cccc2c3c4cc5ccccc5cc4ccc3n(C)c12. The van der Waals surface area contributed by atoms with E-state index in [-0.39, 0.29) is 0 Å². The zero-order valence-electron chi connectivity index (χ0n) is 13.3. The number of benzene rings is 4. The molecule has 0 atom stereocenters. The van der Waals surface area contributed by atoms with Crippen LogP contribution in [0.3, 0.4) is 0 Å². The predicted octanol–water partition coefficient (Wildman–Crippen LogP) is 5.95. The van der Waals surface area contributed by atoms with Crippen molar-refractivity contribution >= 4 is 43.4 Å². The fourth-order valence-electron chi connectivity index (χ4n) is 3.99. The van der Waals surface area contributed by atoms with Gasteiger partial charge in [-0.05, 0) is 52.2 Å². The lowest BCUT2D eigenvalue weighted by Gasteiger charge is -2.05. The van der Waals surface area contributed by atoms with E-state index in [0.29, 0.717) is 0 Å². The van der Waals surface area contributed by atoms with Gasteiger partial charge in [-0.25, -0.2) is 0 Å². The molecule has 1 aromatic heterocycles. The van der Waals surface area contributed by atoms with E-state index in [1.807, 2.05) is 0 Å². The fraction of sp³-hybridized carbons (Fsp3) is 0.0909. The molecule has 0 amide bonds. The van der Waals surface area contributed by atoms with E-state index in [1.165, 1.54) is 48.9 Å². The number of para-hydroxylation sites is 1. The summed E-state index contributed by atoms with van der Waals surface area (Å²) in [5.41, 5.74) is 3.97. The van der Waals surface area contributed by atoms with Gasteiger partial charge in [0.1, 0.15) is 0 Å². The van der Waals surface area contributed by atoms with Crippen molar-refractivity contribution in [1.29, 1.82) is 0 Å². The average molecular weight is 295 g/mol. The summed E-state index contributed by atoms with van der Waals surface area (Å²) in [6.07, 6.45) is 0. The molecule has 110 valence electrons. The highest BCUT2D eigenvalue weighted by Crippen LogP contribution is 2.36. The monoisotopic (exact) mass is 295 g/mol. The molecular formula is C22H17N. The first-order chi connectivity index (χ1) is 11.2. The highest BCUT2D eigenvalue weighted by molar-refractivity contribution is 6.22. The van der Waals surface area contributed by atoms with Crippen LogP contribution >= 0.6 is 0 Å². The van der Waals surface area contributed by atoms with Crippen LogP contribution in [0.4, 0.5) is 0 Å². The van der Waals surface area contributed by atoms with Crippen LogP contribution < -0.4 is 0 Å². The number of hydrogen-bond acceptors (Lipinski definition) is 0. The van der Waals surface area contributed by atoms with E-state index in [2.05, 4.69) is 85.3 Å². The van der Waals surface area contributed by atoms with Gasteiger partial charge < -0.3 is 4.57 Å². The fourth-order valence-corrected chi connectivity index (χ4v) is 3.99. The Morgan fingerprint density at radius 3 is 2.30 bits per heavy atom. The first-order valence-corrected chi connectivity index (χ1v) is 8.03. The van der Waals surface area contributed by atoms with Gasteiger partial charge in [-0.3, -0.25) is 0 Å². The molecule has 1 nitrogen and oxygen atoms in total. The minimum atomic E-state index is 1.30. The zero-order chi connectivity index (χ0) is 15.6. The zero-order valence-corrected chi connectivity index (χ0v) is 13.3. The molecule has 0 aliphatic rings. The lowest BCUT2D eigenvalue weighted by atomic mass is 9.99. The van der Waals surface area contributed by atoms with Gasteiger partial charge in [0.15, 0.2) is 0 Å². The van der Waals surface area contributed by atoms with Crippen molar-refractivity contribution in [2.75, 3.05) is 0 Å². The maximum absolute atomic E-state index is 2.34. The Bertz CT molecular complexity index is 1220. The van der Waals surface area contributed by atoms with Gasteiger partial charge in [0.2, 0.25) is 0 Å². The predicted molar refractivity (Wildman–Crippen MR) is 100 cm³/mol. The second-order valence-electron chi connectivity index (χ2n) is 6.41. The largest absolute Gasteiger partial charge is 0.343 e. The van der Waals surface area contributed by atoms with E-state index < -0.39 is 0 Å². The standard InChI is InChI=1S/C22H17N/c1-14-6-5-9-18-21-19-13-16-8-4-3-7-15(16)12-17(19)10-11-20(21)23(2)22(14)18/h3-13H,1-2H3. The van der Waals surface area contributed by atoms with Gasteiger partial charge >= 0.3 is 0 Å². The van der Waals surface area contributed by atoms with Gasteiger partial charge in [0, 0.05) is 23.3 Å². The third kappa shape index (κ3) is 1.62. The van der Waals surface area contributed by atoms with Crippen LogP contribution in [0.5, 0.6) is 0 Å². The van der Waals surface area contributed by atoms with E-state index >= 15 is 0 Å². The number of hydrogen-bond donors (Lipinski definition) is 0. The minimum Gasteiger partial charge on any atom is -0.343 e. The highest BCUT2D eigenvalue weighted by atomic mass is 14.9. The third-order valence-corrected chi connectivity index (χ3v) is 5.07.